The van der Waals surface area contributed by atoms with Gasteiger partial charge in [-0.1, -0.05) is 35.1 Å². The third-order valence-corrected chi connectivity index (χ3v) is 2.44. The molecular formula is C9H9N3OS. The number of aromatic hydroxyl groups is 1. The molecule has 1 aromatic carbocycles. The largest absolute Gasteiger partial charge is 0.479 e. The Morgan fingerprint density at radius 3 is 2.57 bits per heavy atom. The van der Waals surface area contributed by atoms with Crippen molar-refractivity contribution in [1.29, 1.82) is 0 Å². The maximum Gasteiger partial charge on any atom is 0.319 e. The van der Waals surface area contributed by atoms with Gasteiger partial charge >= 0.3 is 6.01 Å². The molecule has 0 saturated carbocycles. The average molecular weight is 207 g/mol. The van der Waals surface area contributed by atoms with Crippen LogP contribution in [0.3, 0.4) is 0 Å². The Labute approximate surface area is 85.6 Å². The van der Waals surface area contributed by atoms with Crippen molar-refractivity contribution in [2.45, 2.75) is 5.16 Å². The number of para-hydroxylation sites is 1. The highest BCUT2D eigenvalue weighted by atomic mass is 32.2. The maximum absolute atomic E-state index is 9.49. The van der Waals surface area contributed by atoms with Gasteiger partial charge in [-0.25, -0.2) is 4.57 Å². The first kappa shape index (κ1) is 9.08. The standard InChI is InChI=1S/C9H9N3OS/c1-14-9-11-10-8(13)12(9)7-5-3-2-4-6-7/h2-6H,1H3,(H,10,13). The van der Waals surface area contributed by atoms with Gasteiger partial charge in [0.1, 0.15) is 0 Å². The summed E-state index contributed by atoms with van der Waals surface area (Å²) in [6.45, 7) is 0. The summed E-state index contributed by atoms with van der Waals surface area (Å²) in [7, 11) is 0. The molecule has 2 rings (SSSR count). The van der Waals surface area contributed by atoms with Crippen LogP contribution in [-0.4, -0.2) is 26.1 Å². The zero-order chi connectivity index (χ0) is 9.97. The normalized spacial score (nSPS) is 10.4. The van der Waals surface area contributed by atoms with Crippen LogP contribution in [0.5, 0.6) is 6.01 Å². The molecule has 0 atom stereocenters. The highest BCUT2D eigenvalue weighted by molar-refractivity contribution is 7.98. The van der Waals surface area contributed by atoms with E-state index < -0.39 is 0 Å². The van der Waals surface area contributed by atoms with Crippen molar-refractivity contribution in [3.8, 4) is 11.7 Å². The molecule has 1 aromatic heterocycles. The van der Waals surface area contributed by atoms with E-state index >= 15 is 0 Å². The molecule has 4 nitrogen and oxygen atoms in total. The fourth-order valence-electron chi connectivity index (χ4n) is 1.20. The van der Waals surface area contributed by atoms with Crippen molar-refractivity contribution in [1.82, 2.24) is 14.8 Å². The van der Waals surface area contributed by atoms with Crippen LogP contribution in [-0.2, 0) is 0 Å². The summed E-state index contributed by atoms with van der Waals surface area (Å²) in [5.41, 5.74) is 0.861. The number of rotatable bonds is 2. The van der Waals surface area contributed by atoms with Crippen LogP contribution in [0.25, 0.3) is 5.69 Å². The molecule has 0 aliphatic rings. The van der Waals surface area contributed by atoms with Gasteiger partial charge in [0.2, 0.25) is 0 Å². The summed E-state index contributed by atoms with van der Waals surface area (Å²) in [6, 6.07) is 9.42. The highest BCUT2D eigenvalue weighted by Crippen LogP contribution is 2.22. The van der Waals surface area contributed by atoms with Crippen LogP contribution in [0.15, 0.2) is 35.5 Å². The van der Waals surface area contributed by atoms with Crippen molar-refractivity contribution >= 4 is 11.8 Å². The van der Waals surface area contributed by atoms with Crippen molar-refractivity contribution in [2.24, 2.45) is 0 Å². The molecule has 2 aromatic rings. The summed E-state index contributed by atoms with van der Waals surface area (Å²) in [5.74, 6) is 0. The predicted octanol–water partition coefficient (Wildman–Crippen LogP) is 1.69. The minimum Gasteiger partial charge on any atom is -0.479 e. The molecule has 0 bridgehead atoms. The lowest BCUT2D eigenvalue weighted by atomic mass is 10.3. The Morgan fingerprint density at radius 1 is 1.21 bits per heavy atom. The van der Waals surface area contributed by atoms with Gasteiger partial charge < -0.3 is 5.11 Å². The van der Waals surface area contributed by atoms with Crippen LogP contribution in [0.1, 0.15) is 0 Å². The molecule has 1 heterocycles. The first-order valence-corrected chi connectivity index (χ1v) is 5.29. The summed E-state index contributed by atoms with van der Waals surface area (Å²) in [5, 5.41) is 17.6. The van der Waals surface area contributed by atoms with E-state index in [-0.39, 0.29) is 6.01 Å². The third kappa shape index (κ3) is 1.46. The fraction of sp³-hybridized carbons (Fsp3) is 0.111. The summed E-state index contributed by atoms with van der Waals surface area (Å²) in [6.07, 6.45) is 1.89. The molecular weight excluding hydrogens is 198 g/mol. The van der Waals surface area contributed by atoms with Gasteiger partial charge in [0, 0.05) is 0 Å². The van der Waals surface area contributed by atoms with Gasteiger partial charge in [-0.15, -0.1) is 5.10 Å². The van der Waals surface area contributed by atoms with Crippen LogP contribution < -0.4 is 0 Å². The SMILES string of the molecule is CSc1nnc(O)n1-c1ccccc1. The molecule has 72 valence electrons. The molecule has 0 aliphatic carbocycles. The molecule has 5 heteroatoms. The topological polar surface area (TPSA) is 50.9 Å². The van der Waals surface area contributed by atoms with Crippen LogP contribution in [0, 0.1) is 0 Å². The Hall–Kier alpha value is -1.49. The molecule has 0 amide bonds. The van der Waals surface area contributed by atoms with E-state index in [9.17, 15) is 5.11 Å². The molecule has 0 spiro atoms. The van der Waals surface area contributed by atoms with Crippen molar-refractivity contribution in [2.75, 3.05) is 6.26 Å². The van der Waals surface area contributed by atoms with E-state index in [1.54, 1.807) is 4.57 Å². The van der Waals surface area contributed by atoms with Gasteiger partial charge in [-0.3, -0.25) is 0 Å². The van der Waals surface area contributed by atoms with E-state index in [1.807, 2.05) is 36.6 Å². The Balaban J connectivity index is 2.55. The number of nitrogens with zero attached hydrogens (tertiary/aromatic N) is 3. The quantitative estimate of drug-likeness (QED) is 0.761. The zero-order valence-electron chi connectivity index (χ0n) is 7.58. The first-order valence-electron chi connectivity index (χ1n) is 4.06. The lowest BCUT2D eigenvalue weighted by Crippen LogP contribution is -1.94. The van der Waals surface area contributed by atoms with Gasteiger partial charge in [0.15, 0.2) is 5.16 Å². The Kier molecular flexibility index (Phi) is 2.41. The van der Waals surface area contributed by atoms with Crippen LogP contribution in [0.4, 0.5) is 0 Å². The molecule has 0 fully saturated rings. The third-order valence-electron chi connectivity index (χ3n) is 1.81. The number of aromatic nitrogens is 3. The van der Waals surface area contributed by atoms with Crippen LogP contribution >= 0.6 is 11.8 Å². The molecule has 0 radical (unpaired) electrons. The van der Waals surface area contributed by atoms with Gasteiger partial charge in [-0.2, -0.15) is 0 Å². The average Bonchev–Trinajstić information content (AvgIpc) is 2.61. The van der Waals surface area contributed by atoms with E-state index in [0.29, 0.717) is 5.16 Å². The van der Waals surface area contributed by atoms with Gasteiger partial charge in [-0.05, 0) is 18.4 Å². The second kappa shape index (κ2) is 3.71. The number of benzene rings is 1. The Bertz CT molecular complexity index is 427. The van der Waals surface area contributed by atoms with Crippen molar-refractivity contribution in [3.63, 3.8) is 0 Å². The predicted molar refractivity (Wildman–Crippen MR) is 54.8 cm³/mol. The lowest BCUT2D eigenvalue weighted by Gasteiger charge is -2.04. The molecule has 14 heavy (non-hydrogen) atoms. The summed E-state index contributed by atoms with van der Waals surface area (Å²) in [4.78, 5) is 0. The minimum absolute atomic E-state index is 0.0828. The van der Waals surface area contributed by atoms with Crippen LogP contribution in [0.2, 0.25) is 0 Å². The van der Waals surface area contributed by atoms with Gasteiger partial charge in [0.05, 0.1) is 5.69 Å². The number of hydrogen-bond acceptors (Lipinski definition) is 4. The number of hydrogen-bond donors (Lipinski definition) is 1. The molecule has 0 aliphatic heterocycles. The van der Waals surface area contributed by atoms with E-state index in [2.05, 4.69) is 10.2 Å². The molecule has 0 saturated heterocycles. The van der Waals surface area contributed by atoms with E-state index in [4.69, 9.17) is 0 Å². The maximum atomic E-state index is 9.49. The van der Waals surface area contributed by atoms with Gasteiger partial charge in [0.25, 0.3) is 0 Å². The Morgan fingerprint density at radius 2 is 1.93 bits per heavy atom. The molecule has 0 unspecified atom stereocenters. The smallest absolute Gasteiger partial charge is 0.319 e. The molecule has 1 N–H and O–H groups in total. The van der Waals surface area contributed by atoms with E-state index in [0.717, 1.165) is 5.69 Å². The second-order valence-corrected chi connectivity index (χ2v) is 3.43. The monoisotopic (exact) mass is 207 g/mol. The van der Waals surface area contributed by atoms with E-state index in [1.165, 1.54) is 11.8 Å². The fourth-order valence-corrected chi connectivity index (χ4v) is 1.69. The van der Waals surface area contributed by atoms with Crippen molar-refractivity contribution < 1.29 is 5.11 Å². The number of thioether (sulfide) groups is 1. The first-order chi connectivity index (χ1) is 6.83. The zero-order valence-corrected chi connectivity index (χ0v) is 8.40. The highest BCUT2D eigenvalue weighted by Gasteiger charge is 2.10. The summed E-state index contributed by atoms with van der Waals surface area (Å²) < 4.78 is 1.60. The van der Waals surface area contributed by atoms with Crippen molar-refractivity contribution in [3.05, 3.63) is 30.3 Å². The second-order valence-electron chi connectivity index (χ2n) is 2.66. The lowest BCUT2D eigenvalue weighted by molar-refractivity contribution is 0.417. The minimum atomic E-state index is -0.0828. The summed E-state index contributed by atoms with van der Waals surface area (Å²) >= 11 is 1.44.